The van der Waals surface area contributed by atoms with Crippen molar-refractivity contribution in [3.05, 3.63) is 65.7 Å². The van der Waals surface area contributed by atoms with Gasteiger partial charge in [-0.15, -0.1) is 0 Å². The quantitative estimate of drug-likeness (QED) is 0.636. The van der Waals surface area contributed by atoms with E-state index in [1.54, 1.807) is 38.4 Å². The van der Waals surface area contributed by atoms with Crippen molar-refractivity contribution in [2.75, 3.05) is 39.2 Å². The first kappa shape index (κ1) is 22.8. The molecule has 0 radical (unpaired) electrons. The Morgan fingerprint density at radius 2 is 1.77 bits per heavy atom. The Morgan fingerprint density at radius 3 is 2.45 bits per heavy atom. The molecule has 7 heteroatoms. The molecule has 1 atom stereocenters. The van der Waals surface area contributed by atoms with Gasteiger partial charge in [-0.25, -0.2) is 4.79 Å². The predicted octanol–water partition coefficient (Wildman–Crippen LogP) is 3.41. The topological polar surface area (TPSA) is 82.7 Å². The number of nitrogens with zero attached hydrogens (tertiary/aromatic N) is 1. The van der Waals surface area contributed by atoms with Crippen molar-refractivity contribution in [1.29, 1.82) is 0 Å². The van der Waals surface area contributed by atoms with Crippen molar-refractivity contribution in [2.24, 2.45) is 0 Å². The highest BCUT2D eigenvalue weighted by atomic mass is 16.5. The molecular formula is C24H32N4O3. The van der Waals surface area contributed by atoms with Crippen LogP contribution in [0.2, 0.25) is 0 Å². The highest BCUT2D eigenvalue weighted by Crippen LogP contribution is 2.25. The van der Waals surface area contributed by atoms with Crippen LogP contribution in [0.15, 0.2) is 54.6 Å². The van der Waals surface area contributed by atoms with Crippen LogP contribution in [0.5, 0.6) is 0 Å². The number of nitrogens with one attached hydrogen (secondary N) is 3. The van der Waals surface area contributed by atoms with Gasteiger partial charge in [-0.3, -0.25) is 4.79 Å². The van der Waals surface area contributed by atoms with Gasteiger partial charge in [0.05, 0.1) is 0 Å². The Bertz CT molecular complexity index is 879. The van der Waals surface area contributed by atoms with E-state index < -0.39 is 0 Å². The van der Waals surface area contributed by atoms with Crippen LogP contribution in [0.4, 0.5) is 10.5 Å². The van der Waals surface area contributed by atoms with E-state index in [0.717, 1.165) is 12.8 Å². The summed E-state index contributed by atoms with van der Waals surface area (Å²) in [6.07, 6.45) is 1.63. The van der Waals surface area contributed by atoms with Crippen molar-refractivity contribution in [1.82, 2.24) is 15.5 Å². The van der Waals surface area contributed by atoms with E-state index in [4.69, 9.17) is 4.74 Å². The average molecular weight is 425 g/mol. The van der Waals surface area contributed by atoms with Crippen molar-refractivity contribution < 1.29 is 14.3 Å². The summed E-state index contributed by atoms with van der Waals surface area (Å²) >= 11 is 0. The van der Waals surface area contributed by atoms with Gasteiger partial charge in [0.25, 0.3) is 5.91 Å². The van der Waals surface area contributed by atoms with Gasteiger partial charge in [0.15, 0.2) is 0 Å². The third-order valence-electron chi connectivity index (χ3n) is 5.63. The van der Waals surface area contributed by atoms with Crippen molar-refractivity contribution in [3.63, 3.8) is 0 Å². The van der Waals surface area contributed by atoms with Gasteiger partial charge in [0.1, 0.15) is 0 Å². The Hall–Kier alpha value is -2.90. The minimum atomic E-state index is -0.297. The van der Waals surface area contributed by atoms with E-state index in [1.807, 2.05) is 18.2 Å². The lowest BCUT2D eigenvalue weighted by molar-refractivity contribution is 0.0349. The maximum atomic E-state index is 12.6. The van der Waals surface area contributed by atoms with Crippen molar-refractivity contribution in [3.8, 4) is 0 Å². The first-order chi connectivity index (χ1) is 14.9. The van der Waals surface area contributed by atoms with Crippen LogP contribution < -0.4 is 16.0 Å². The number of carbonyl (C=O) groups excluding carboxylic acids is 2. The molecule has 1 fully saturated rings. The molecule has 2 aromatic rings. The molecule has 1 aliphatic heterocycles. The Labute approximate surface area is 184 Å². The number of anilines is 1. The summed E-state index contributed by atoms with van der Waals surface area (Å²) in [5.74, 6) is -0.107. The highest BCUT2D eigenvalue weighted by molar-refractivity contribution is 5.96. The minimum absolute atomic E-state index is 0.107. The largest absolute Gasteiger partial charge is 0.381 e. The summed E-state index contributed by atoms with van der Waals surface area (Å²) in [5.41, 5.74) is 2.08. The zero-order valence-electron chi connectivity index (χ0n) is 18.5. The second-order valence-electron chi connectivity index (χ2n) is 8.26. The molecule has 166 valence electrons. The van der Waals surface area contributed by atoms with Crippen molar-refractivity contribution >= 4 is 17.6 Å². The second-order valence-corrected chi connectivity index (χ2v) is 8.26. The smallest absolute Gasteiger partial charge is 0.319 e. The fourth-order valence-corrected chi connectivity index (χ4v) is 3.83. The van der Waals surface area contributed by atoms with Gasteiger partial charge >= 0.3 is 6.03 Å². The number of rotatable bonds is 7. The monoisotopic (exact) mass is 424 g/mol. The molecule has 1 unspecified atom stereocenters. The van der Waals surface area contributed by atoms with Crippen LogP contribution >= 0.6 is 0 Å². The van der Waals surface area contributed by atoms with Gasteiger partial charge in [-0.1, -0.05) is 36.4 Å². The van der Waals surface area contributed by atoms with Crippen LogP contribution in [-0.4, -0.2) is 56.2 Å². The summed E-state index contributed by atoms with van der Waals surface area (Å²) in [5, 5.41) is 9.58. The summed E-state index contributed by atoms with van der Waals surface area (Å²) in [6, 6.07) is 17.1. The number of urea groups is 1. The van der Waals surface area contributed by atoms with Gasteiger partial charge < -0.3 is 25.6 Å². The summed E-state index contributed by atoms with van der Waals surface area (Å²) < 4.78 is 5.57. The Balaban J connectivity index is 1.62. The zero-order chi connectivity index (χ0) is 22.3. The van der Waals surface area contributed by atoms with Crippen molar-refractivity contribution in [2.45, 2.75) is 31.3 Å². The van der Waals surface area contributed by atoms with Crippen LogP contribution in [0.3, 0.4) is 0 Å². The normalized spacial score (nSPS) is 16.2. The third kappa shape index (κ3) is 6.29. The maximum Gasteiger partial charge on any atom is 0.319 e. The van der Waals surface area contributed by atoms with E-state index in [-0.39, 0.29) is 23.5 Å². The van der Waals surface area contributed by atoms with E-state index >= 15 is 0 Å². The molecule has 31 heavy (non-hydrogen) atoms. The summed E-state index contributed by atoms with van der Waals surface area (Å²) in [7, 11) is 3.40. The summed E-state index contributed by atoms with van der Waals surface area (Å²) in [4.78, 5) is 26.3. The standard InChI is InChI=1S/C24H32N4O3/c1-18(19-8-5-4-6-9-19)27-24(12-14-31-15-13-24)17-25-23(30)26-21-11-7-10-20(16-21)22(29)28(2)3/h4-11,16,18,27H,12-15,17H2,1-3H3,(H2,25,26,30). The molecule has 0 bridgehead atoms. The summed E-state index contributed by atoms with van der Waals surface area (Å²) in [6.45, 7) is 3.94. The van der Waals surface area contributed by atoms with Crippen LogP contribution in [-0.2, 0) is 4.74 Å². The minimum Gasteiger partial charge on any atom is -0.381 e. The van der Waals surface area contributed by atoms with Gasteiger partial charge in [0, 0.05) is 56.7 Å². The lowest BCUT2D eigenvalue weighted by Gasteiger charge is -2.40. The predicted molar refractivity (Wildman–Crippen MR) is 122 cm³/mol. The molecule has 0 aromatic heterocycles. The third-order valence-corrected chi connectivity index (χ3v) is 5.63. The number of benzene rings is 2. The average Bonchev–Trinajstić information content (AvgIpc) is 2.78. The number of hydrogen-bond donors (Lipinski definition) is 3. The fraction of sp³-hybridized carbons (Fsp3) is 0.417. The lowest BCUT2D eigenvalue weighted by Crippen LogP contribution is -2.57. The zero-order valence-corrected chi connectivity index (χ0v) is 18.5. The number of hydrogen-bond acceptors (Lipinski definition) is 4. The van der Waals surface area contributed by atoms with E-state index in [1.165, 1.54) is 10.5 Å². The molecule has 0 aliphatic carbocycles. The van der Waals surface area contributed by atoms with Gasteiger partial charge in [0.2, 0.25) is 0 Å². The molecule has 3 amide bonds. The molecule has 1 aliphatic rings. The Kier molecular flexibility index (Phi) is 7.65. The Morgan fingerprint density at radius 1 is 1.06 bits per heavy atom. The first-order valence-corrected chi connectivity index (χ1v) is 10.7. The molecule has 2 aromatic carbocycles. The molecule has 0 saturated carbocycles. The molecule has 3 N–H and O–H groups in total. The number of ether oxygens (including phenoxy) is 1. The molecule has 1 saturated heterocycles. The molecule has 0 spiro atoms. The molecular weight excluding hydrogens is 392 g/mol. The van der Waals surface area contributed by atoms with Crippen LogP contribution in [0.25, 0.3) is 0 Å². The highest BCUT2D eigenvalue weighted by Gasteiger charge is 2.34. The first-order valence-electron chi connectivity index (χ1n) is 10.7. The van der Waals surface area contributed by atoms with E-state index in [0.29, 0.717) is 31.0 Å². The van der Waals surface area contributed by atoms with Gasteiger partial charge in [-0.2, -0.15) is 0 Å². The van der Waals surface area contributed by atoms with E-state index in [9.17, 15) is 9.59 Å². The number of carbonyl (C=O) groups is 2. The molecule has 7 nitrogen and oxygen atoms in total. The second kappa shape index (κ2) is 10.4. The fourth-order valence-electron chi connectivity index (χ4n) is 3.83. The van der Waals surface area contributed by atoms with Crippen LogP contribution in [0.1, 0.15) is 41.7 Å². The molecule has 1 heterocycles. The SMILES string of the molecule is CC(NC1(CNC(=O)Nc2cccc(C(=O)N(C)C)c2)CCOCC1)c1ccccc1. The maximum absolute atomic E-state index is 12.6. The van der Waals surface area contributed by atoms with Crippen LogP contribution in [0, 0.1) is 0 Å². The number of amides is 3. The molecule has 3 rings (SSSR count). The van der Waals surface area contributed by atoms with Gasteiger partial charge in [-0.05, 0) is 43.5 Å². The van der Waals surface area contributed by atoms with E-state index in [2.05, 4.69) is 35.0 Å². The lowest BCUT2D eigenvalue weighted by atomic mass is 9.88.